The van der Waals surface area contributed by atoms with Crippen molar-refractivity contribution in [2.24, 2.45) is 0 Å². The van der Waals surface area contributed by atoms with Gasteiger partial charge in [0.15, 0.2) is 0 Å². The molecule has 7 aromatic carbocycles. The van der Waals surface area contributed by atoms with Gasteiger partial charge in [-0.05, 0) is 63.9 Å². The second-order valence-corrected chi connectivity index (χ2v) is 14.1. The minimum Gasteiger partial charge on any atom is -0.354 e. The van der Waals surface area contributed by atoms with Crippen LogP contribution in [0.1, 0.15) is 0 Å². The molecule has 0 atom stereocenters. The highest BCUT2D eigenvalue weighted by Crippen LogP contribution is 2.42. The van der Waals surface area contributed by atoms with Crippen molar-refractivity contribution in [3.8, 4) is 38.8 Å². The zero-order valence-electron chi connectivity index (χ0n) is 27.3. The van der Waals surface area contributed by atoms with Gasteiger partial charge in [0.25, 0.3) is 0 Å². The summed E-state index contributed by atoms with van der Waals surface area (Å²) in [5, 5.41) is 7.37. The highest BCUT2D eigenvalue weighted by molar-refractivity contribution is 7.22. The predicted molar refractivity (Wildman–Crippen MR) is 215 cm³/mol. The molecule has 51 heavy (non-hydrogen) atoms. The van der Waals surface area contributed by atoms with E-state index in [1.54, 1.807) is 11.3 Å². The molecule has 0 saturated carbocycles. The average molecular weight is 669 g/mol. The van der Waals surface area contributed by atoms with Crippen LogP contribution in [-0.4, -0.2) is 19.5 Å². The highest BCUT2D eigenvalue weighted by Gasteiger charge is 2.21. The minimum atomic E-state index is 0.667. The second-order valence-electron chi connectivity index (χ2n) is 13.1. The van der Waals surface area contributed by atoms with Crippen LogP contribution in [0.3, 0.4) is 0 Å². The molecule has 4 heterocycles. The molecule has 0 amide bonds. The standard InChI is InChI=1S/C46H28N4S/c1-3-13-29(14-4-1)41-27-38-45(51-41)44(30-15-5-2-6-16-30)49-46(48-38)50-39-20-10-9-18-34(39)43-33(19-11-21-40(43)50)31-23-24-36-35(26-31)42-32-17-8-7-12-28(32)22-25-37(42)47-36/h1-27,47H. The molecular formula is C46H28N4S. The maximum absolute atomic E-state index is 5.38. The smallest absolute Gasteiger partial charge is 0.235 e. The molecule has 0 spiro atoms. The number of rotatable bonds is 4. The van der Waals surface area contributed by atoms with E-state index in [9.17, 15) is 0 Å². The summed E-state index contributed by atoms with van der Waals surface area (Å²) in [6, 6.07) is 58.4. The molecule has 0 aliphatic carbocycles. The van der Waals surface area contributed by atoms with Crippen LogP contribution in [0.2, 0.25) is 0 Å². The van der Waals surface area contributed by atoms with Crippen molar-refractivity contribution in [2.45, 2.75) is 0 Å². The third kappa shape index (κ3) is 4.32. The first-order valence-corrected chi connectivity index (χ1v) is 18.0. The van der Waals surface area contributed by atoms with E-state index in [1.807, 2.05) is 0 Å². The summed E-state index contributed by atoms with van der Waals surface area (Å²) in [5.41, 5.74) is 11.0. The molecule has 0 bridgehead atoms. The van der Waals surface area contributed by atoms with Gasteiger partial charge in [-0.3, -0.25) is 4.57 Å². The van der Waals surface area contributed by atoms with Gasteiger partial charge in [0.05, 0.1) is 26.9 Å². The normalized spacial score (nSPS) is 11.9. The van der Waals surface area contributed by atoms with Gasteiger partial charge >= 0.3 is 0 Å². The summed E-state index contributed by atoms with van der Waals surface area (Å²) in [6.45, 7) is 0. The van der Waals surface area contributed by atoms with Gasteiger partial charge in [-0.2, -0.15) is 0 Å². The van der Waals surface area contributed by atoms with Crippen LogP contribution in [0.5, 0.6) is 0 Å². The lowest BCUT2D eigenvalue weighted by Gasteiger charge is -2.10. The van der Waals surface area contributed by atoms with Gasteiger partial charge in [-0.15, -0.1) is 11.3 Å². The summed E-state index contributed by atoms with van der Waals surface area (Å²) in [7, 11) is 0. The van der Waals surface area contributed by atoms with E-state index in [4.69, 9.17) is 9.97 Å². The Kier molecular flexibility index (Phi) is 6.09. The molecule has 11 aromatic rings. The number of nitrogens with zero attached hydrogens (tertiary/aromatic N) is 3. The Morgan fingerprint density at radius 3 is 2.08 bits per heavy atom. The number of aromatic amines is 1. The van der Waals surface area contributed by atoms with Gasteiger partial charge in [0, 0.05) is 43.0 Å². The number of H-pyrrole nitrogens is 1. The van der Waals surface area contributed by atoms with Crippen molar-refractivity contribution >= 4 is 75.9 Å². The number of hydrogen-bond acceptors (Lipinski definition) is 3. The van der Waals surface area contributed by atoms with Crippen molar-refractivity contribution in [3.05, 3.63) is 164 Å². The van der Waals surface area contributed by atoms with E-state index in [0.717, 1.165) is 43.5 Å². The first-order chi connectivity index (χ1) is 25.3. The third-order valence-electron chi connectivity index (χ3n) is 10.2. The number of benzene rings is 7. The molecule has 238 valence electrons. The van der Waals surface area contributed by atoms with Crippen molar-refractivity contribution in [3.63, 3.8) is 0 Å². The van der Waals surface area contributed by atoms with Gasteiger partial charge in [0.2, 0.25) is 5.95 Å². The van der Waals surface area contributed by atoms with E-state index < -0.39 is 0 Å². The summed E-state index contributed by atoms with van der Waals surface area (Å²) in [4.78, 5) is 15.5. The lowest BCUT2D eigenvalue weighted by Crippen LogP contribution is -2.02. The van der Waals surface area contributed by atoms with Gasteiger partial charge in [-0.25, -0.2) is 9.97 Å². The molecule has 1 N–H and O–H groups in total. The van der Waals surface area contributed by atoms with Crippen LogP contribution >= 0.6 is 11.3 Å². The van der Waals surface area contributed by atoms with Crippen molar-refractivity contribution in [1.29, 1.82) is 0 Å². The molecule has 11 rings (SSSR count). The van der Waals surface area contributed by atoms with Gasteiger partial charge in [0.1, 0.15) is 0 Å². The van der Waals surface area contributed by atoms with Crippen molar-refractivity contribution < 1.29 is 0 Å². The molecule has 0 unspecified atom stereocenters. The largest absolute Gasteiger partial charge is 0.354 e. The van der Waals surface area contributed by atoms with Gasteiger partial charge < -0.3 is 4.98 Å². The maximum atomic E-state index is 5.38. The van der Waals surface area contributed by atoms with E-state index in [0.29, 0.717) is 5.95 Å². The Morgan fingerprint density at radius 2 is 1.22 bits per heavy atom. The highest BCUT2D eigenvalue weighted by atomic mass is 32.1. The number of nitrogens with one attached hydrogen (secondary N) is 1. The van der Waals surface area contributed by atoms with Crippen LogP contribution < -0.4 is 0 Å². The van der Waals surface area contributed by atoms with Crippen LogP contribution in [0.25, 0.3) is 103 Å². The van der Waals surface area contributed by atoms with Gasteiger partial charge in [-0.1, -0.05) is 127 Å². The lowest BCUT2D eigenvalue weighted by molar-refractivity contribution is 1.02. The molecule has 0 fully saturated rings. The Hall–Kier alpha value is -6.56. The number of para-hydroxylation sites is 1. The molecule has 5 heteroatoms. The Balaban J connectivity index is 1.18. The number of hydrogen-bond donors (Lipinski definition) is 1. The monoisotopic (exact) mass is 668 g/mol. The van der Waals surface area contributed by atoms with Crippen LogP contribution in [-0.2, 0) is 0 Å². The van der Waals surface area contributed by atoms with E-state index in [-0.39, 0.29) is 0 Å². The van der Waals surface area contributed by atoms with Crippen molar-refractivity contribution in [1.82, 2.24) is 19.5 Å². The lowest BCUT2D eigenvalue weighted by atomic mass is 9.97. The minimum absolute atomic E-state index is 0.667. The zero-order valence-corrected chi connectivity index (χ0v) is 28.2. The Morgan fingerprint density at radius 1 is 0.490 bits per heavy atom. The molecule has 0 aliphatic rings. The first kappa shape index (κ1) is 28.3. The van der Waals surface area contributed by atoms with E-state index in [1.165, 1.54) is 53.9 Å². The molecule has 4 aromatic heterocycles. The number of fused-ring (bicyclic) bond motifs is 9. The molecule has 0 aliphatic heterocycles. The summed E-state index contributed by atoms with van der Waals surface area (Å²) >= 11 is 1.75. The van der Waals surface area contributed by atoms with Crippen LogP contribution in [0.4, 0.5) is 0 Å². The number of thiophene rings is 1. The molecule has 0 radical (unpaired) electrons. The second kappa shape index (κ2) is 11.0. The third-order valence-corrected chi connectivity index (χ3v) is 11.3. The molecule has 0 saturated heterocycles. The fourth-order valence-electron chi connectivity index (χ4n) is 7.87. The summed E-state index contributed by atoms with van der Waals surface area (Å²) in [5.74, 6) is 0.667. The van der Waals surface area contributed by atoms with Crippen LogP contribution in [0, 0.1) is 0 Å². The quantitative estimate of drug-likeness (QED) is 0.203. The van der Waals surface area contributed by atoms with Crippen LogP contribution in [0.15, 0.2) is 164 Å². The molecule has 4 nitrogen and oxygen atoms in total. The zero-order chi connectivity index (χ0) is 33.5. The summed E-state index contributed by atoms with van der Waals surface area (Å²) < 4.78 is 3.34. The average Bonchev–Trinajstić information content (AvgIpc) is 3.90. The van der Waals surface area contributed by atoms with Crippen molar-refractivity contribution in [2.75, 3.05) is 0 Å². The number of aromatic nitrogens is 4. The Bertz CT molecular complexity index is 3130. The van der Waals surface area contributed by atoms with E-state index in [2.05, 4.69) is 173 Å². The fourth-order valence-corrected chi connectivity index (χ4v) is 8.98. The predicted octanol–water partition coefficient (Wildman–Crippen LogP) is 12.6. The topological polar surface area (TPSA) is 46.5 Å². The fraction of sp³-hybridized carbons (Fsp3) is 0. The SMILES string of the molecule is c1ccc(-c2cc3nc(-n4c5ccccc5c5c(-c6ccc7[nH]c8ccc9ccccc9c8c7c6)cccc54)nc(-c4ccccc4)c3s2)cc1. The molecular weight excluding hydrogens is 641 g/mol. The van der Waals surface area contributed by atoms with E-state index >= 15 is 0 Å². The summed E-state index contributed by atoms with van der Waals surface area (Å²) in [6.07, 6.45) is 0. The first-order valence-electron chi connectivity index (χ1n) is 17.2. The maximum Gasteiger partial charge on any atom is 0.235 e. The Labute approximate surface area is 296 Å².